The molecule has 4 nitrogen and oxygen atoms in total. The fourth-order valence-electron chi connectivity index (χ4n) is 2.23. The third-order valence-corrected chi connectivity index (χ3v) is 3.23. The minimum atomic E-state index is 0.660. The third-order valence-electron chi connectivity index (χ3n) is 3.23. The molecule has 0 fully saturated rings. The topological polar surface area (TPSA) is 47.1 Å². The van der Waals surface area contributed by atoms with Gasteiger partial charge in [0.15, 0.2) is 0 Å². The fourth-order valence-corrected chi connectivity index (χ4v) is 2.23. The summed E-state index contributed by atoms with van der Waals surface area (Å²) < 4.78 is 2.15. The molecular formula is C14H22N4. The van der Waals surface area contributed by atoms with Gasteiger partial charge >= 0.3 is 0 Å². The van der Waals surface area contributed by atoms with E-state index < -0.39 is 0 Å². The number of rotatable bonds is 6. The van der Waals surface area contributed by atoms with Crippen LogP contribution in [-0.2, 0) is 7.05 Å². The number of para-hydroxylation sites is 2. The van der Waals surface area contributed by atoms with Crippen molar-refractivity contribution in [1.29, 1.82) is 0 Å². The minimum Gasteiger partial charge on any atom is -0.341 e. The Morgan fingerprint density at radius 2 is 2.06 bits per heavy atom. The highest BCUT2D eigenvalue weighted by Gasteiger charge is 2.13. The zero-order valence-corrected chi connectivity index (χ0v) is 11.3. The lowest BCUT2D eigenvalue weighted by Gasteiger charge is -2.22. The maximum absolute atomic E-state index is 5.70. The van der Waals surface area contributed by atoms with Crippen molar-refractivity contribution in [2.45, 2.75) is 19.8 Å². The molecule has 0 unspecified atom stereocenters. The van der Waals surface area contributed by atoms with E-state index in [1.54, 1.807) is 0 Å². The first-order valence-corrected chi connectivity index (χ1v) is 6.64. The van der Waals surface area contributed by atoms with Gasteiger partial charge in [0.05, 0.1) is 11.0 Å². The number of fused-ring (bicyclic) bond motifs is 1. The maximum Gasteiger partial charge on any atom is 0.206 e. The quantitative estimate of drug-likeness (QED) is 0.849. The van der Waals surface area contributed by atoms with Gasteiger partial charge in [-0.3, -0.25) is 0 Å². The molecule has 1 heterocycles. The highest BCUT2D eigenvalue weighted by Crippen LogP contribution is 2.21. The van der Waals surface area contributed by atoms with Crippen LogP contribution < -0.4 is 10.6 Å². The molecule has 0 bridgehead atoms. The van der Waals surface area contributed by atoms with E-state index in [4.69, 9.17) is 10.7 Å². The molecule has 2 rings (SSSR count). The average Bonchev–Trinajstić information content (AvgIpc) is 2.73. The van der Waals surface area contributed by atoms with E-state index in [1.807, 2.05) is 12.1 Å². The van der Waals surface area contributed by atoms with Gasteiger partial charge < -0.3 is 15.2 Å². The SMILES string of the molecule is CCCCN(CCN)c1nc2ccccc2n1C. The van der Waals surface area contributed by atoms with Gasteiger partial charge in [-0.05, 0) is 18.6 Å². The molecule has 2 aromatic rings. The highest BCUT2D eigenvalue weighted by molar-refractivity contribution is 5.78. The molecule has 0 atom stereocenters. The number of benzene rings is 1. The first-order chi connectivity index (χ1) is 8.77. The molecule has 18 heavy (non-hydrogen) atoms. The molecule has 0 spiro atoms. The van der Waals surface area contributed by atoms with Crippen LogP contribution in [0.4, 0.5) is 5.95 Å². The summed E-state index contributed by atoms with van der Waals surface area (Å²) in [5.74, 6) is 1.02. The number of anilines is 1. The Balaban J connectivity index is 2.34. The number of unbranched alkanes of at least 4 members (excludes halogenated alkanes) is 1. The Morgan fingerprint density at radius 1 is 1.28 bits per heavy atom. The smallest absolute Gasteiger partial charge is 0.206 e. The van der Waals surface area contributed by atoms with E-state index in [2.05, 4.69) is 35.6 Å². The van der Waals surface area contributed by atoms with E-state index in [1.165, 1.54) is 18.4 Å². The van der Waals surface area contributed by atoms with Crippen molar-refractivity contribution in [2.24, 2.45) is 12.8 Å². The second-order valence-electron chi connectivity index (χ2n) is 4.59. The van der Waals surface area contributed by atoms with Gasteiger partial charge in [-0.1, -0.05) is 25.5 Å². The molecule has 0 aliphatic rings. The molecule has 98 valence electrons. The van der Waals surface area contributed by atoms with E-state index in [-0.39, 0.29) is 0 Å². The second-order valence-corrected chi connectivity index (χ2v) is 4.59. The number of imidazole rings is 1. The second kappa shape index (κ2) is 5.87. The van der Waals surface area contributed by atoms with Gasteiger partial charge in [-0.25, -0.2) is 4.98 Å². The molecule has 0 saturated heterocycles. The Labute approximate surface area is 108 Å². The minimum absolute atomic E-state index is 0.660. The van der Waals surface area contributed by atoms with Gasteiger partial charge in [0.1, 0.15) is 0 Å². The molecule has 0 aliphatic carbocycles. The van der Waals surface area contributed by atoms with Crippen LogP contribution in [0.25, 0.3) is 11.0 Å². The van der Waals surface area contributed by atoms with Crippen molar-refractivity contribution in [3.8, 4) is 0 Å². The highest BCUT2D eigenvalue weighted by atomic mass is 15.3. The normalized spacial score (nSPS) is 11.1. The maximum atomic E-state index is 5.70. The Morgan fingerprint density at radius 3 is 2.72 bits per heavy atom. The lowest BCUT2D eigenvalue weighted by molar-refractivity contribution is 0.686. The van der Waals surface area contributed by atoms with Gasteiger partial charge in [-0.15, -0.1) is 0 Å². The summed E-state index contributed by atoms with van der Waals surface area (Å²) in [4.78, 5) is 7.00. The van der Waals surface area contributed by atoms with E-state index in [0.29, 0.717) is 6.54 Å². The largest absolute Gasteiger partial charge is 0.341 e. The standard InChI is InChI=1S/C14H22N4/c1-3-4-10-18(11-9-15)14-16-12-7-5-6-8-13(12)17(14)2/h5-8H,3-4,9-11,15H2,1-2H3. The molecule has 0 amide bonds. The monoisotopic (exact) mass is 246 g/mol. The van der Waals surface area contributed by atoms with Crippen molar-refractivity contribution in [3.05, 3.63) is 24.3 Å². The van der Waals surface area contributed by atoms with Crippen LogP contribution in [0.2, 0.25) is 0 Å². The summed E-state index contributed by atoms with van der Waals surface area (Å²) in [6, 6.07) is 8.23. The lowest BCUT2D eigenvalue weighted by atomic mass is 10.3. The first-order valence-electron chi connectivity index (χ1n) is 6.64. The number of hydrogen-bond donors (Lipinski definition) is 1. The van der Waals surface area contributed by atoms with E-state index >= 15 is 0 Å². The van der Waals surface area contributed by atoms with Gasteiger partial charge in [-0.2, -0.15) is 0 Å². The summed E-state index contributed by atoms with van der Waals surface area (Å²) in [6.07, 6.45) is 2.36. The Kier molecular flexibility index (Phi) is 4.20. The summed E-state index contributed by atoms with van der Waals surface area (Å²) in [5, 5.41) is 0. The zero-order valence-electron chi connectivity index (χ0n) is 11.3. The molecule has 2 N–H and O–H groups in total. The van der Waals surface area contributed by atoms with Gasteiger partial charge in [0, 0.05) is 26.7 Å². The molecule has 0 saturated carbocycles. The van der Waals surface area contributed by atoms with E-state index in [0.717, 1.165) is 24.6 Å². The summed E-state index contributed by atoms with van der Waals surface area (Å²) in [7, 11) is 2.07. The van der Waals surface area contributed by atoms with Crippen molar-refractivity contribution >= 4 is 17.0 Å². The van der Waals surface area contributed by atoms with Crippen molar-refractivity contribution in [1.82, 2.24) is 9.55 Å². The average molecular weight is 246 g/mol. The molecule has 0 aliphatic heterocycles. The van der Waals surface area contributed by atoms with Crippen LogP contribution in [-0.4, -0.2) is 29.2 Å². The van der Waals surface area contributed by atoms with Crippen LogP contribution in [0.1, 0.15) is 19.8 Å². The summed E-state index contributed by atoms with van der Waals surface area (Å²) in [5.41, 5.74) is 7.93. The van der Waals surface area contributed by atoms with Crippen molar-refractivity contribution in [3.63, 3.8) is 0 Å². The van der Waals surface area contributed by atoms with Crippen LogP contribution in [0.15, 0.2) is 24.3 Å². The number of hydrogen-bond acceptors (Lipinski definition) is 3. The number of aromatic nitrogens is 2. The lowest BCUT2D eigenvalue weighted by Crippen LogP contribution is -2.32. The van der Waals surface area contributed by atoms with Crippen LogP contribution in [0.3, 0.4) is 0 Å². The molecule has 0 radical (unpaired) electrons. The molecule has 1 aromatic carbocycles. The van der Waals surface area contributed by atoms with Crippen LogP contribution >= 0.6 is 0 Å². The molecular weight excluding hydrogens is 224 g/mol. The molecule has 4 heteroatoms. The van der Waals surface area contributed by atoms with Gasteiger partial charge in [0.25, 0.3) is 0 Å². The molecule has 1 aromatic heterocycles. The third kappa shape index (κ3) is 2.48. The van der Waals surface area contributed by atoms with Gasteiger partial charge in [0.2, 0.25) is 5.95 Å². The Bertz CT molecular complexity index is 503. The Hall–Kier alpha value is -1.55. The summed E-state index contributed by atoms with van der Waals surface area (Å²) in [6.45, 7) is 4.74. The zero-order chi connectivity index (χ0) is 13.0. The van der Waals surface area contributed by atoms with Crippen LogP contribution in [0.5, 0.6) is 0 Å². The predicted octanol–water partition coefficient (Wildman–Crippen LogP) is 2.14. The summed E-state index contributed by atoms with van der Waals surface area (Å²) >= 11 is 0. The van der Waals surface area contributed by atoms with E-state index in [9.17, 15) is 0 Å². The predicted molar refractivity (Wildman–Crippen MR) is 76.9 cm³/mol. The van der Waals surface area contributed by atoms with Crippen molar-refractivity contribution < 1.29 is 0 Å². The number of aryl methyl sites for hydroxylation is 1. The first kappa shape index (κ1) is 12.9. The van der Waals surface area contributed by atoms with Crippen LogP contribution in [0, 0.1) is 0 Å². The fraction of sp³-hybridized carbons (Fsp3) is 0.500. The number of nitrogens with zero attached hydrogens (tertiary/aromatic N) is 3. The van der Waals surface area contributed by atoms with Crippen molar-refractivity contribution in [2.75, 3.05) is 24.5 Å². The number of nitrogens with two attached hydrogens (primary N) is 1.